The first-order valence-corrected chi connectivity index (χ1v) is 5.86. The minimum atomic E-state index is -0.298. The zero-order valence-corrected chi connectivity index (χ0v) is 10.3. The van der Waals surface area contributed by atoms with Crippen LogP contribution in [0.2, 0.25) is 0 Å². The number of nitrogens with one attached hydrogen (secondary N) is 1. The van der Waals surface area contributed by atoms with Crippen LogP contribution in [0.3, 0.4) is 0 Å². The second-order valence-corrected chi connectivity index (χ2v) is 3.95. The number of carbonyl (C=O) groups is 1. The first kappa shape index (κ1) is 12.0. The normalized spacial score (nSPS) is 10.2. The lowest BCUT2D eigenvalue weighted by Crippen LogP contribution is -2.14. The van der Waals surface area contributed by atoms with E-state index in [0.29, 0.717) is 17.2 Å². The van der Waals surface area contributed by atoms with Crippen LogP contribution in [0, 0.1) is 0 Å². The quantitative estimate of drug-likeness (QED) is 0.772. The second-order valence-electron chi connectivity index (χ2n) is 3.95. The molecule has 7 heteroatoms. The van der Waals surface area contributed by atoms with Crippen LogP contribution in [0.1, 0.15) is 10.5 Å². The van der Waals surface area contributed by atoms with Crippen LogP contribution in [0.25, 0.3) is 5.82 Å². The third-order valence-corrected chi connectivity index (χ3v) is 2.57. The van der Waals surface area contributed by atoms with Gasteiger partial charge in [-0.25, -0.2) is 4.98 Å². The molecule has 3 heterocycles. The van der Waals surface area contributed by atoms with Gasteiger partial charge >= 0.3 is 0 Å². The van der Waals surface area contributed by atoms with Gasteiger partial charge in [-0.1, -0.05) is 6.07 Å². The van der Waals surface area contributed by atoms with Gasteiger partial charge in [-0.05, 0) is 24.3 Å². The molecule has 0 aliphatic carbocycles. The van der Waals surface area contributed by atoms with E-state index in [1.807, 2.05) is 0 Å². The molecule has 3 aromatic heterocycles. The predicted molar refractivity (Wildman–Crippen MR) is 71.3 cm³/mol. The van der Waals surface area contributed by atoms with E-state index < -0.39 is 0 Å². The monoisotopic (exact) mass is 266 g/mol. The standard InChI is InChI=1S/C13H10N6O/c20-13(17-10-3-2-6-14-7-10)11-4-1-5-12(18-11)19-8-15-16-9-19/h1-9H,(H,17,20). The molecule has 98 valence electrons. The highest BCUT2D eigenvalue weighted by Gasteiger charge is 2.09. The average molecular weight is 266 g/mol. The lowest BCUT2D eigenvalue weighted by atomic mass is 10.3. The summed E-state index contributed by atoms with van der Waals surface area (Å²) in [6, 6.07) is 8.66. The Labute approximate surface area is 114 Å². The fourth-order valence-corrected chi connectivity index (χ4v) is 1.64. The molecule has 1 amide bonds. The summed E-state index contributed by atoms with van der Waals surface area (Å²) < 4.78 is 1.63. The van der Waals surface area contributed by atoms with Gasteiger partial charge in [0.25, 0.3) is 5.91 Å². The second kappa shape index (κ2) is 5.27. The Morgan fingerprint density at radius 1 is 1.10 bits per heavy atom. The smallest absolute Gasteiger partial charge is 0.274 e. The molecule has 0 spiro atoms. The molecule has 0 radical (unpaired) electrons. The number of aromatic nitrogens is 5. The minimum absolute atomic E-state index is 0.298. The Balaban J connectivity index is 1.84. The van der Waals surface area contributed by atoms with E-state index >= 15 is 0 Å². The van der Waals surface area contributed by atoms with Crippen molar-refractivity contribution in [2.24, 2.45) is 0 Å². The molecular formula is C13H10N6O. The summed E-state index contributed by atoms with van der Waals surface area (Å²) in [4.78, 5) is 20.3. The van der Waals surface area contributed by atoms with Gasteiger partial charge in [0.2, 0.25) is 0 Å². The van der Waals surface area contributed by atoms with Gasteiger partial charge in [-0.3, -0.25) is 14.3 Å². The van der Waals surface area contributed by atoms with Gasteiger partial charge in [0.15, 0.2) is 0 Å². The van der Waals surface area contributed by atoms with E-state index in [4.69, 9.17) is 0 Å². The van der Waals surface area contributed by atoms with Crippen molar-refractivity contribution < 1.29 is 4.79 Å². The summed E-state index contributed by atoms with van der Waals surface area (Å²) >= 11 is 0. The molecule has 7 nitrogen and oxygen atoms in total. The van der Waals surface area contributed by atoms with Gasteiger partial charge in [0.05, 0.1) is 11.9 Å². The van der Waals surface area contributed by atoms with Gasteiger partial charge in [0, 0.05) is 6.20 Å². The Kier molecular flexibility index (Phi) is 3.15. The molecule has 0 saturated heterocycles. The fourth-order valence-electron chi connectivity index (χ4n) is 1.64. The summed E-state index contributed by atoms with van der Waals surface area (Å²) in [7, 11) is 0. The molecule has 0 fully saturated rings. The largest absolute Gasteiger partial charge is 0.319 e. The van der Waals surface area contributed by atoms with Crippen molar-refractivity contribution in [3.63, 3.8) is 0 Å². The van der Waals surface area contributed by atoms with Gasteiger partial charge < -0.3 is 5.32 Å². The number of hydrogen-bond donors (Lipinski definition) is 1. The van der Waals surface area contributed by atoms with Crippen LogP contribution in [0.4, 0.5) is 5.69 Å². The lowest BCUT2D eigenvalue weighted by Gasteiger charge is -2.05. The van der Waals surface area contributed by atoms with Crippen LogP contribution in [-0.4, -0.2) is 30.6 Å². The van der Waals surface area contributed by atoms with Crippen LogP contribution < -0.4 is 5.32 Å². The highest BCUT2D eigenvalue weighted by Crippen LogP contribution is 2.08. The Morgan fingerprint density at radius 3 is 2.70 bits per heavy atom. The van der Waals surface area contributed by atoms with Crippen molar-refractivity contribution in [1.82, 2.24) is 24.7 Å². The summed E-state index contributed by atoms with van der Waals surface area (Å²) in [6.45, 7) is 0. The van der Waals surface area contributed by atoms with E-state index in [1.165, 1.54) is 12.7 Å². The Hall–Kier alpha value is -3.09. The predicted octanol–water partition coefficient (Wildman–Crippen LogP) is 1.31. The van der Waals surface area contributed by atoms with E-state index in [0.717, 1.165) is 0 Å². The van der Waals surface area contributed by atoms with Crippen molar-refractivity contribution in [3.05, 3.63) is 61.1 Å². The molecule has 3 aromatic rings. The topological polar surface area (TPSA) is 85.6 Å². The highest BCUT2D eigenvalue weighted by atomic mass is 16.1. The lowest BCUT2D eigenvalue weighted by molar-refractivity contribution is 0.102. The first-order valence-electron chi connectivity index (χ1n) is 5.86. The molecule has 3 rings (SSSR count). The average Bonchev–Trinajstić information content (AvgIpc) is 3.03. The summed E-state index contributed by atoms with van der Waals surface area (Å²) in [6.07, 6.45) is 6.25. The zero-order valence-electron chi connectivity index (χ0n) is 10.3. The summed E-state index contributed by atoms with van der Waals surface area (Å²) in [5.74, 6) is 0.279. The van der Waals surface area contributed by atoms with Crippen molar-refractivity contribution in [2.75, 3.05) is 5.32 Å². The molecule has 1 N–H and O–H groups in total. The number of pyridine rings is 2. The first-order chi connectivity index (χ1) is 9.83. The number of nitrogens with zero attached hydrogens (tertiary/aromatic N) is 5. The maximum Gasteiger partial charge on any atom is 0.274 e. The highest BCUT2D eigenvalue weighted by molar-refractivity contribution is 6.02. The maximum absolute atomic E-state index is 12.1. The van der Waals surface area contributed by atoms with E-state index in [1.54, 1.807) is 47.3 Å². The van der Waals surface area contributed by atoms with Crippen LogP contribution in [0.15, 0.2) is 55.4 Å². The minimum Gasteiger partial charge on any atom is -0.319 e. The van der Waals surface area contributed by atoms with Gasteiger partial charge in [-0.15, -0.1) is 10.2 Å². The van der Waals surface area contributed by atoms with Crippen LogP contribution >= 0.6 is 0 Å². The number of hydrogen-bond acceptors (Lipinski definition) is 5. The van der Waals surface area contributed by atoms with Crippen molar-refractivity contribution in [1.29, 1.82) is 0 Å². The third kappa shape index (κ3) is 2.51. The number of rotatable bonds is 3. The zero-order chi connectivity index (χ0) is 13.8. The molecule has 0 saturated carbocycles. The molecule has 0 aromatic carbocycles. The summed E-state index contributed by atoms with van der Waals surface area (Å²) in [5.41, 5.74) is 0.925. The maximum atomic E-state index is 12.1. The number of amides is 1. The van der Waals surface area contributed by atoms with Crippen LogP contribution in [0.5, 0.6) is 0 Å². The summed E-state index contributed by atoms with van der Waals surface area (Å²) in [5, 5.41) is 10.1. The van der Waals surface area contributed by atoms with Crippen molar-refractivity contribution in [3.8, 4) is 5.82 Å². The molecule has 0 unspecified atom stereocenters. The SMILES string of the molecule is O=C(Nc1cccnc1)c1cccc(-n2cnnc2)n1. The van der Waals surface area contributed by atoms with Gasteiger partial charge in [0.1, 0.15) is 24.2 Å². The molecule has 0 aliphatic rings. The fraction of sp³-hybridized carbons (Fsp3) is 0. The van der Waals surface area contributed by atoms with Crippen molar-refractivity contribution in [2.45, 2.75) is 0 Å². The molecule has 20 heavy (non-hydrogen) atoms. The molecule has 0 aliphatic heterocycles. The Bertz CT molecular complexity index is 711. The van der Waals surface area contributed by atoms with E-state index in [-0.39, 0.29) is 5.91 Å². The van der Waals surface area contributed by atoms with E-state index in [2.05, 4.69) is 25.5 Å². The van der Waals surface area contributed by atoms with Gasteiger partial charge in [-0.2, -0.15) is 0 Å². The molecule has 0 bridgehead atoms. The Morgan fingerprint density at radius 2 is 1.95 bits per heavy atom. The van der Waals surface area contributed by atoms with E-state index in [9.17, 15) is 4.79 Å². The molecular weight excluding hydrogens is 256 g/mol. The van der Waals surface area contributed by atoms with Crippen molar-refractivity contribution >= 4 is 11.6 Å². The third-order valence-electron chi connectivity index (χ3n) is 2.57. The van der Waals surface area contributed by atoms with Crippen LogP contribution in [-0.2, 0) is 0 Å². The number of anilines is 1. The molecule has 0 atom stereocenters. The number of carbonyl (C=O) groups excluding carboxylic acids is 1.